The summed E-state index contributed by atoms with van der Waals surface area (Å²) in [7, 11) is -3.40. The second-order valence-corrected chi connectivity index (χ2v) is 10.9. The van der Waals surface area contributed by atoms with Gasteiger partial charge < -0.3 is 0 Å². The van der Waals surface area contributed by atoms with Crippen molar-refractivity contribution in [3.8, 4) is 0 Å². The highest BCUT2D eigenvalue weighted by Crippen LogP contribution is 2.43. The van der Waals surface area contributed by atoms with Crippen molar-refractivity contribution in [2.75, 3.05) is 11.4 Å². The summed E-state index contributed by atoms with van der Waals surface area (Å²) in [6.07, 6.45) is 2.13. The fraction of sp³-hybridized carbons (Fsp3) is 0.579. The number of rotatable bonds is 5. The molecule has 146 valence electrons. The number of thiazole rings is 1. The first-order chi connectivity index (χ1) is 12.9. The number of amides is 1. The van der Waals surface area contributed by atoms with Crippen LogP contribution in [-0.2, 0) is 14.8 Å². The van der Waals surface area contributed by atoms with E-state index in [0.717, 1.165) is 16.6 Å². The van der Waals surface area contributed by atoms with Crippen molar-refractivity contribution in [3.63, 3.8) is 0 Å². The standard InChI is InChI=1S/C19H25N3O3S2/c1-4-7-12(2)27(24,25)21-11-10-15-17(21)13(3)18(23)22(15)19-20-14-8-5-6-9-16(14)26-19/h5-6,8-9,12-13,15,17H,4,7,10-11H2,1-3H3/t12?,13-,15-,17+/m0/s1. The summed E-state index contributed by atoms with van der Waals surface area (Å²) < 4.78 is 28.8. The fourth-order valence-electron chi connectivity index (χ4n) is 4.45. The van der Waals surface area contributed by atoms with Crippen molar-refractivity contribution >= 4 is 42.6 Å². The number of sulfonamides is 1. The molecule has 0 spiro atoms. The molecule has 2 fully saturated rings. The summed E-state index contributed by atoms with van der Waals surface area (Å²) in [6, 6.07) is 7.40. The third kappa shape index (κ3) is 2.89. The zero-order valence-electron chi connectivity index (χ0n) is 15.8. The number of anilines is 1. The molecule has 4 atom stereocenters. The van der Waals surface area contributed by atoms with Gasteiger partial charge in [-0.3, -0.25) is 9.69 Å². The average molecular weight is 408 g/mol. The molecule has 2 aliphatic heterocycles. The topological polar surface area (TPSA) is 70.6 Å². The molecule has 0 radical (unpaired) electrons. The van der Waals surface area contributed by atoms with Crippen molar-refractivity contribution in [2.45, 2.75) is 57.4 Å². The highest BCUT2D eigenvalue weighted by atomic mass is 32.2. The molecular formula is C19H25N3O3S2. The van der Waals surface area contributed by atoms with Gasteiger partial charge in [-0.05, 0) is 31.9 Å². The number of benzene rings is 1. The van der Waals surface area contributed by atoms with Crippen LogP contribution in [0.3, 0.4) is 0 Å². The molecule has 3 heterocycles. The number of aromatic nitrogens is 1. The van der Waals surface area contributed by atoms with Gasteiger partial charge in [0.25, 0.3) is 0 Å². The Bertz CT molecular complexity index is 938. The zero-order valence-corrected chi connectivity index (χ0v) is 17.5. The summed E-state index contributed by atoms with van der Waals surface area (Å²) in [5.74, 6) is -0.375. The molecule has 2 aromatic rings. The SMILES string of the molecule is CCCC(C)S(=O)(=O)N1CC[C@H]2[C@H]1[C@H](C)C(=O)N2c1nc2ccccc2s1. The summed E-state index contributed by atoms with van der Waals surface area (Å²) in [6.45, 7) is 6.10. The Kier molecular flexibility index (Phi) is 4.76. The molecule has 6 nitrogen and oxygen atoms in total. The first-order valence-corrected chi connectivity index (χ1v) is 11.9. The first kappa shape index (κ1) is 18.8. The largest absolute Gasteiger partial charge is 0.283 e. The maximum Gasteiger partial charge on any atom is 0.233 e. The van der Waals surface area contributed by atoms with Gasteiger partial charge in [0.15, 0.2) is 5.13 Å². The van der Waals surface area contributed by atoms with Crippen LogP contribution in [0.1, 0.15) is 40.0 Å². The van der Waals surface area contributed by atoms with E-state index in [0.29, 0.717) is 24.5 Å². The number of carbonyl (C=O) groups excluding carboxylic acids is 1. The van der Waals surface area contributed by atoms with Crippen LogP contribution in [0.5, 0.6) is 0 Å². The van der Waals surface area contributed by atoms with Crippen molar-refractivity contribution < 1.29 is 13.2 Å². The van der Waals surface area contributed by atoms with Gasteiger partial charge in [0, 0.05) is 6.54 Å². The molecule has 4 rings (SSSR count). The maximum atomic E-state index is 13.1. The van der Waals surface area contributed by atoms with Crippen LogP contribution in [0.2, 0.25) is 0 Å². The summed E-state index contributed by atoms with van der Waals surface area (Å²) in [5.41, 5.74) is 0.875. The molecule has 1 aromatic carbocycles. The number of nitrogens with zero attached hydrogens (tertiary/aromatic N) is 3. The number of carbonyl (C=O) groups is 1. The van der Waals surface area contributed by atoms with Gasteiger partial charge in [0.2, 0.25) is 15.9 Å². The van der Waals surface area contributed by atoms with E-state index in [9.17, 15) is 13.2 Å². The van der Waals surface area contributed by atoms with Gasteiger partial charge in [0.05, 0.1) is 33.5 Å². The molecule has 1 amide bonds. The minimum Gasteiger partial charge on any atom is -0.283 e. The highest BCUT2D eigenvalue weighted by Gasteiger charge is 2.56. The Labute approximate surface area is 164 Å². The van der Waals surface area contributed by atoms with E-state index >= 15 is 0 Å². The van der Waals surface area contributed by atoms with Crippen LogP contribution in [0.4, 0.5) is 5.13 Å². The minimum atomic E-state index is -3.40. The van der Waals surface area contributed by atoms with Gasteiger partial charge in [0.1, 0.15) is 0 Å². The lowest BCUT2D eigenvalue weighted by Crippen LogP contribution is -2.45. The predicted molar refractivity (Wildman–Crippen MR) is 108 cm³/mol. The molecule has 2 saturated heterocycles. The second-order valence-electron chi connectivity index (χ2n) is 7.56. The average Bonchev–Trinajstić information content (AvgIpc) is 3.30. The molecule has 1 aromatic heterocycles. The smallest absolute Gasteiger partial charge is 0.233 e. The Hall–Kier alpha value is -1.51. The number of fused-ring (bicyclic) bond motifs is 2. The van der Waals surface area contributed by atoms with E-state index < -0.39 is 15.3 Å². The Morgan fingerprint density at radius 1 is 1.33 bits per heavy atom. The van der Waals surface area contributed by atoms with Crippen LogP contribution in [-0.4, -0.2) is 47.5 Å². The monoisotopic (exact) mass is 407 g/mol. The van der Waals surface area contributed by atoms with Gasteiger partial charge in [-0.25, -0.2) is 13.4 Å². The lowest BCUT2D eigenvalue weighted by atomic mass is 10.0. The Morgan fingerprint density at radius 2 is 2.07 bits per heavy atom. The quantitative estimate of drug-likeness (QED) is 0.763. The molecule has 0 saturated carbocycles. The third-order valence-corrected chi connectivity index (χ3v) is 9.23. The van der Waals surface area contributed by atoms with Gasteiger partial charge in [-0.1, -0.05) is 43.7 Å². The number of hydrogen-bond donors (Lipinski definition) is 0. The van der Waals surface area contributed by atoms with Gasteiger partial charge >= 0.3 is 0 Å². The molecular weight excluding hydrogens is 382 g/mol. The van der Waals surface area contributed by atoms with Crippen LogP contribution < -0.4 is 4.90 Å². The van der Waals surface area contributed by atoms with Crippen LogP contribution in [0.25, 0.3) is 10.2 Å². The Morgan fingerprint density at radius 3 is 2.78 bits per heavy atom. The predicted octanol–water partition coefficient (Wildman–Crippen LogP) is 3.24. The maximum absolute atomic E-state index is 13.1. The molecule has 27 heavy (non-hydrogen) atoms. The van der Waals surface area contributed by atoms with E-state index in [-0.39, 0.29) is 23.9 Å². The van der Waals surface area contributed by atoms with Crippen molar-refractivity contribution in [3.05, 3.63) is 24.3 Å². The normalized spacial score (nSPS) is 27.4. The zero-order chi connectivity index (χ0) is 19.3. The van der Waals surface area contributed by atoms with Crippen molar-refractivity contribution in [1.82, 2.24) is 9.29 Å². The number of para-hydroxylation sites is 1. The second kappa shape index (κ2) is 6.83. The molecule has 0 bridgehead atoms. The molecule has 1 unspecified atom stereocenters. The number of hydrogen-bond acceptors (Lipinski definition) is 5. The van der Waals surface area contributed by atoms with E-state index in [1.54, 1.807) is 16.1 Å². The lowest BCUT2D eigenvalue weighted by Gasteiger charge is -2.28. The summed E-state index contributed by atoms with van der Waals surface area (Å²) >= 11 is 1.50. The van der Waals surface area contributed by atoms with Crippen molar-refractivity contribution in [1.29, 1.82) is 0 Å². The minimum absolute atomic E-state index is 0.0212. The van der Waals surface area contributed by atoms with E-state index in [1.165, 1.54) is 11.3 Å². The highest BCUT2D eigenvalue weighted by molar-refractivity contribution is 7.89. The molecule has 0 aliphatic carbocycles. The van der Waals surface area contributed by atoms with E-state index in [4.69, 9.17) is 0 Å². The molecule has 8 heteroatoms. The fourth-order valence-corrected chi connectivity index (χ4v) is 7.49. The Balaban J connectivity index is 1.68. The van der Waals surface area contributed by atoms with Gasteiger partial charge in [-0.15, -0.1) is 0 Å². The lowest BCUT2D eigenvalue weighted by molar-refractivity contribution is -0.120. The summed E-state index contributed by atoms with van der Waals surface area (Å²) in [4.78, 5) is 19.4. The van der Waals surface area contributed by atoms with E-state index in [2.05, 4.69) is 4.98 Å². The molecule has 2 aliphatic rings. The van der Waals surface area contributed by atoms with Crippen LogP contribution in [0, 0.1) is 5.92 Å². The van der Waals surface area contributed by atoms with Gasteiger partial charge in [-0.2, -0.15) is 4.31 Å². The third-order valence-electron chi connectivity index (χ3n) is 5.86. The van der Waals surface area contributed by atoms with Crippen LogP contribution in [0.15, 0.2) is 24.3 Å². The summed E-state index contributed by atoms with van der Waals surface area (Å²) in [5, 5.41) is 0.265. The van der Waals surface area contributed by atoms with E-state index in [1.807, 2.05) is 38.1 Å². The van der Waals surface area contributed by atoms with Crippen molar-refractivity contribution in [2.24, 2.45) is 5.92 Å². The first-order valence-electron chi connectivity index (χ1n) is 9.55. The van der Waals surface area contributed by atoms with Crippen LogP contribution >= 0.6 is 11.3 Å². The molecule has 0 N–H and O–H groups in total.